The molecule has 0 amide bonds. The highest BCUT2D eigenvalue weighted by atomic mass is 15.1. The van der Waals surface area contributed by atoms with Crippen molar-refractivity contribution in [3.63, 3.8) is 0 Å². The summed E-state index contributed by atoms with van der Waals surface area (Å²) in [6.07, 6.45) is 14.9. The van der Waals surface area contributed by atoms with E-state index in [1.165, 1.54) is 0 Å². The summed E-state index contributed by atoms with van der Waals surface area (Å²) in [5.41, 5.74) is 3.43. The van der Waals surface area contributed by atoms with Crippen molar-refractivity contribution in [2.45, 2.75) is 6.92 Å². The van der Waals surface area contributed by atoms with E-state index in [0.29, 0.717) is 5.70 Å². The fourth-order valence-electron chi connectivity index (χ4n) is 1.56. The van der Waals surface area contributed by atoms with Crippen LogP contribution in [0.5, 0.6) is 0 Å². The molecule has 0 spiro atoms. The van der Waals surface area contributed by atoms with Crippen LogP contribution in [0.2, 0.25) is 0 Å². The maximum absolute atomic E-state index is 4.19. The molecule has 0 saturated carbocycles. The number of hydrogen-bond acceptors (Lipinski definition) is 2. The third kappa shape index (κ3) is 5.83. The van der Waals surface area contributed by atoms with Crippen LogP contribution in [0.4, 0.5) is 5.69 Å². The second-order valence-corrected chi connectivity index (χ2v) is 4.19. The average Bonchev–Trinajstić information content (AvgIpc) is 2.51. The highest BCUT2D eigenvalue weighted by molar-refractivity contribution is 5.68. The van der Waals surface area contributed by atoms with Gasteiger partial charge in [-0.3, -0.25) is 0 Å². The second kappa shape index (κ2) is 9.21. The van der Waals surface area contributed by atoms with Crippen molar-refractivity contribution in [1.29, 1.82) is 0 Å². The lowest BCUT2D eigenvalue weighted by Crippen LogP contribution is -1.79. The molecule has 2 heteroatoms. The van der Waals surface area contributed by atoms with E-state index < -0.39 is 0 Å². The zero-order valence-corrected chi connectivity index (χ0v) is 12.4. The SMILES string of the molecule is C=C/C=C\c1cc(N=NC(=C)/C=C\C=C/C)ccc1C=C. The lowest BCUT2D eigenvalue weighted by molar-refractivity contribution is 1.18. The molecule has 0 aliphatic carbocycles. The van der Waals surface area contributed by atoms with E-state index in [9.17, 15) is 0 Å². The van der Waals surface area contributed by atoms with Gasteiger partial charge in [-0.2, -0.15) is 10.2 Å². The van der Waals surface area contributed by atoms with E-state index in [2.05, 4.69) is 30.0 Å². The summed E-state index contributed by atoms with van der Waals surface area (Å²) in [4.78, 5) is 0. The second-order valence-electron chi connectivity index (χ2n) is 4.19. The normalized spacial score (nSPS) is 11.9. The molecule has 0 aromatic heterocycles. The molecular formula is C19H20N2. The molecule has 0 aliphatic rings. The standard InChI is InChI=1S/C19H20N2/c1-5-8-10-11-16(4)20-21-19-14-13-17(7-3)18(15-19)12-9-6-2/h5-15H,2-4H2,1H3/b8-5-,11-10-,12-9-,21-20?. The van der Waals surface area contributed by atoms with E-state index in [0.717, 1.165) is 16.8 Å². The van der Waals surface area contributed by atoms with Gasteiger partial charge >= 0.3 is 0 Å². The summed E-state index contributed by atoms with van der Waals surface area (Å²) >= 11 is 0. The first-order valence-corrected chi connectivity index (χ1v) is 6.67. The minimum Gasteiger partial charge on any atom is -0.151 e. The van der Waals surface area contributed by atoms with Crippen LogP contribution < -0.4 is 0 Å². The first kappa shape index (κ1) is 16.3. The fourth-order valence-corrected chi connectivity index (χ4v) is 1.56. The Morgan fingerprint density at radius 2 is 1.90 bits per heavy atom. The topological polar surface area (TPSA) is 24.7 Å². The van der Waals surface area contributed by atoms with Crippen LogP contribution in [0.3, 0.4) is 0 Å². The van der Waals surface area contributed by atoms with Crippen LogP contribution in [0.1, 0.15) is 18.1 Å². The van der Waals surface area contributed by atoms with Gasteiger partial charge in [0.15, 0.2) is 0 Å². The molecule has 1 aromatic carbocycles. The number of azo groups is 1. The fraction of sp³-hybridized carbons (Fsp3) is 0.0526. The Balaban J connectivity index is 2.93. The Labute approximate surface area is 126 Å². The van der Waals surface area contributed by atoms with Crippen LogP contribution >= 0.6 is 0 Å². The number of hydrogen-bond donors (Lipinski definition) is 0. The Bertz CT molecular complexity index is 629. The van der Waals surface area contributed by atoms with Crippen molar-refractivity contribution in [3.8, 4) is 0 Å². The Kier molecular flexibility index (Phi) is 7.15. The molecule has 21 heavy (non-hydrogen) atoms. The van der Waals surface area contributed by atoms with Gasteiger partial charge in [-0.05, 0) is 36.3 Å². The van der Waals surface area contributed by atoms with Gasteiger partial charge in [0.25, 0.3) is 0 Å². The lowest BCUT2D eigenvalue weighted by Gasteiger charge is -2.01. The minimum atomic E-state index is 0.601. The molecule has 0 fully saturated rings. The molecule has 106 valence electrons. The average molecular weight is 276 g/mol. The largest absolute Gasteiger partial charge is 0.151 e. The van der Waals surface area contributed by atoms with Crippen LogP contribution in [0.25, 0.3) is 12.2 Å². The Morgan fingerprint density at radius 3 is 2.57 bits per heavy atom. The summed E-state index contributed by atoms with van der Waals surface area (Å²) in [6.45, 7) is 13.2. The van der Waals surface area contributed by atoms with Crippen molar-refractivity contribution in [2.75, 3.05) is 0 Å². The maximum atomic E-state index is 4.19. The monoisotopic (exact) mass is 276 g/mol. The van der Waals surface area contributed by atoms with Crippen molar-refractivity contribution in [1.82, 2.24) is 0 Å². The summed E-state index contributed by atoms with van der Waals surface area (Å²) in [5.74, 6) is 0. The molecule has 1 rings (SSSR count). The third-order valence-corrected chi connectivity index (χ3v) is 2.59. The molecule has 0 unspecified atom stereocenters. The van der Waals surface area contributed by atoms with E-state index >= 15 is 0 Å². The molecule has 0 aliphatic heterocycles. The lowest BCUT2D eigenvalue weighted by atomic mass is 10.1. The van der Waals surface area contributed by atoms with E-state index in [4.69, 9.17) is 0 Å². The molecule has 1 aromatic rings. The van der Waals surface area contributed by atoms with Gasteiger partial charge in [-0.15, -0.1) is 0 Å². The van der Waals surface area contributed by atoms with Crippen molar-refractivity contribution >= 4 is 17.8 Å². The Hall–Kier alpha value is -2.74. The molecule has 0 N–H and O–H groups in total. The number of benzene rings is 1. The zero-order chi connectivity index (χ0) is 15.5. The van der Waals surface area contributed by atoms with Gasteiger partial charge in [0.05, 0.1) is 11.4 Å². The van der Waals surface area contributed by atoms with E-state index in [1.54, 1.807) is 12.2 Å². The minimum absolute atomic E-state index is 0.601. The van der Waals surface area contributed by atoms with Gasteiger partial charge in [-0.1, -0.05) is 68.3 Å². The van der Waals surface area contributed by atoms with Gasteiger partial charge in [0.1, 0.15) is 0 Å². The highest BCUT2D eigenvalue weighted by Crippen LogP contribution is 2.21. The van der Waals surface area contributed by atoms with E-state index in [-0.39, 0.29) is 0 Å². The van der Waals surface area contributed by atoms with Crippen LogP contribution in [-0.2, 0) is 0 Å². The number of allylic oxidation sites excluding steroid dienone is 6. The molecule has 0 bridgehead atoms. The maximum Gasteiger partial charge on any atom is 0.0863 e. The molecule has 0 radical (unpaired) electrons. The predicted molar refractivity (Wildman–Crippen MR) is 93.4 cm³/mol. The van der Waals surface area contributed by atoms with Crippen LogP contribution in [0.15, 0.2) is 90.3 Å². The molecule has 0 heterocycles. The van der Waals surface area contributed by atoms with Crippen molar-refractivity contribution in [2.24, 2.45) is 10.2 Å². The van der Waals surface area contributed by atoms with E-state index in [1.807, 2.05) is 61.6 Å². The first-order valence-electron chi connectivity index (χ1n) is 6.67. The van der Waals surface area contributed by atoms with Crippen molar-refractivity contribution in [3.05, 3.63) is 91.2 Å². The summed E-state index contributed by atoms with van der Waals surface area (Å²) in [6, 6.07) is 5.81. The third-order valence-electron chi connectivity index (χ3n) is 2.59. The first-order chi connectivity index (χ1) is 10.2. The molecule has 0 saturated heterocycles. The van der Waals surface area contributed by atoms with Crippen molar-refractivity contribution < 1.29 is 0 Å². The van der Waals surface area contributed by atoms with Gasteiger partial charge in [-0.25, -0.2) is 0 Å². The van der Waals surface area contributed by atoms with Gasteiger partial charge < -0.3 is 0 Å². The molecule has 2 nitrogen and oxygen atoms in total. The highest BCUT2D eigenvalue weighted by Gasteiger charge is 1.98. The molecule has 0 atom stereocenters. The van der Waals surface area contributed by atoms with Crippen LogP contribution in [-0.4, -0.2) is 0 Å². The summed E-state index contributed by atoms with van der Waals surface area (Å²) in [7, 11) is 0. The molecular weight excluding hydrogens is 256 g/mol. The quantitative estimate of drug-likeness (QED) is 0.415. The summed E-state index contributed by atoms with van der Waals surface area (Å²) in [5, 5.41) is 8.27. The summed E-state index contributed by atoms with van der Waals surface area (Å²) < 4.78 is 0. The van der Waals surface area contributed by atoms with Crippen LogP contribution in [0, 0.1) is 0 Å². The zero-order valence-electron chi connectivity index (χ0n) is 12.4. The number of nitrogens with zero attached hydrogens (tertiary/aromatic N) is 2. The number of rotatable bonds is 7. The van der Waals surface area contributed by atoms with Gasteiger partial charge in [0, 0.05) is 0 Å². The van der Waals surface area contributed by atoms with Gasteiger partial charge in [0.2, 0.25) is 0 Å². The Morgan fingerprint density at radius 1 is 1.10 bits per heavy atom. The predicted octanol–water partition coefficient (Wildman–Crippen LogP) is 6.26. The smallest absolute Gasteiger partial charge is 0.0863 e.